The van der Waals surface area contributed by atoms with E-state index >= 15 is 0 Å². The lowest BCUT2D eigenvalue weighted by Gasteiger charge is -2.18. The summed E-state index contributed by atoms with van der Waals surface area (Å²) >= 11 is 0. The van der Waals surface area contributed by atoms with Crippen LogP contribution in [0.15, 0.2) is 24.3 Å². The average molecular weight is 390 g/mol. The lowest BCUT2D eigenvalue weighted by atomic mass is 10.1. The van der Waals surface area contributed by atoms with Crippen molar-refractivity contribution in [2.75, 3.05) is 45.6 Å². The maximum absolute atomic E-state index is 12.4. The van der Waals surface area contributed by atoms with Crippen molar-refractivity contribution < 1.29 is 24.3 Å². The van der Waals surface area contributed by atoms with Crippen molar-refractivity contribution in [3.05, 3.63) is 29.8 Å². The zero-order valence-electron chi connectivity index (χ0n) is 16.1. The largest absolute Gasteiger partial charge is 0.480 e. The van der Waals surface area contributed by atoms with Gasteiger partial charge in [0.2, 0.25) is 11.8 Å². The van der Waals surface area contributed by atoms with E-state index in [-0.39, 0.29) is 18.2 Å². The summed E-state index contributed by atoms with van der Waals surface area (Å²) in [6.45, 7) is 1.47. The highest BCUT2D eigenvalue weighted by molar-refractivity contribution is 5.99. The van der Waals surface area contributed by atoms with Crippen LogP contribution in [0.5, 0.6) is 0 Å². The SMILES string of the molecule is CN(C)CCCN1CC(C(=O)Nc2ccc(C(=O)NCC(=O)O)cc2)CC1=O. The van der Waals surface area contributed by atoms with Crippen molar-refractivity contribution in [2.24, 2.45) is 5.92 Å². The molecule has 3 N–H and O–H groups in total. The van der Waals surface area contributed by atoms with Crippen LogP contribution in [-0.4, -0.2) is 78.9 Å². The number of amides is 3. The van der Waals surface area contributed by atoms with E-state index in [1.807, 2.05) is 14.1 Å². The highest BCUT2D eigenvalue weighted by Gasteiger charge is 2.33. The number of carbonyl (C=O) groups is 4. The number of rotatable bonds is 9. The van der Waals surface area contributed by atoms with Gasteiger partial charge < -0.3 is 25.5 Å². The van der Waals surface area contributed by atoms with Crippen molar-refractivity contribution in [2.45, 2.75) is 12.8 Å². The Hall–Kier alpha value is -2.94. The van der Waals surface area contributed by atoms with Gasteiger partial charge in [-0.15, -0.1) is 0 Å². The Morgan fingerprint density at radius 1 is 1.21 bits per heavy atom. The van der Waals surface area contributed by atoms with Crippen molar-refractivity contribution in [3.63, 3.8) is 0 Å². The van der Waals surface area contributed by atoms with Gasteiger partial charge in [0.05, 0.1) is 5.92 Å². The summed E-state index contributed by atoms with van der Waals surface area (Å²) in [6, 6.07) is 6.14. The van der Waals surface area contributed by atoms with E-state index < -0.39 is 24.3 Å². The predicted molar refractivity (Wildman–Crippen MR) is 103 cm³/mol. The number of anilines is 1. The summed E-state index contributed by atoms with van der Waals surface area (Å²) in [4.78, 5) is 50.6. The monoisotopic (exact) mass is 390 g/mol. The van der Waals surface area contributed by atoms with Gasteiger partial charge in [-0.3, -0.25) is 19.2 Å². The standard InChI is InChI=1S/C19H26N4O5/c1-22(2)8-3-9-23-12-14(10-16(23)24)19(28)21-15-6-4-13(5-7-15)18(27)20-11-17(25)26/h4-7,14H,3,8-12H2,1-2H3,(H,20,27)(H,21,28)(H,25,26). The molecule has 0 radical (unpaired) electrons. The molecule has 1 fully saturated rings. The highest BCUT2D eigenvalue weighted by Crippen LogP contribution is 2.20. The zero-order valence-corrected chi connectivity index (χ0v) is 16.1. The van der Waals surface area contributed by atoms with Gasteiger partial charge in [-0.25, -0.2) is 0 Å². The molecule has 1 aliphatic heterocycles. The zero-order chi connectivity index (χ0) is 20.7. The molecule has 1 aliphatic rings. The summed E-state index contributed by atoms with van der Waals surface area (Å²) in [5.41, 5.74) is 0.806. The molecule has 28 heavy (non-hydrogen) atoms. The second-order valence-corrected chi connectivity index (χ2v) is 7.04. The molecular formula is C19H26N4O5. The molecule has 1 unspecified atom stereocenters. The van der Waals surface area contributed by atoms with Gasteiger partial charge in [-0.05, 0) is 51.3 Å². The summed E-state index contributed by atoms with van der Waals surface area (Å²) in [5.74, 6) is -2.27. The fourth-order valence-electron chi connectivity index (χ4n) is 2.95. The molecule has 0 aliphatic carbocycles. The molecule has 0 spiro atoms. The number of carbonyl (C=O) groups excluding carboxylic acids is 3. The Bertz CT molecular complexity index is 732. The van der Waals surface area contributed by atoms with Gasteiger partial charge in [0, 0.05) is 30.8 Å². The molecule has 2 rings (SSSR count). The molecule has 0 saturated carbocycles. The molecule has 0 aromatic heterocycles. The minimum Gasteiger partial charge on any atom is -0.480 e. The lowest BCUT2D eigenvalue weighted by Crippen LogP contribution is -2.30. The van der Waals surface area contributed by atoms with Crippen molar-refractivity contribution in [3.8, 4) is 0 Å². The maximum atomic E-state index is 12.4. The number of carboxylic acids is 1. The maximum Gasteiger partial charge on any atom is 0.322 e. The summed E-state index contributed by atoms with van der Waals surface area (Å²) < 4.78 is 0. The van der Waals surface area contributed by atoms with Crippen molar-refractivity contribution >= 4 is 29.4 Å². The third-order valence-electron chi connectivity index (χ3n) is 4.43. The fourth-order valence-corrected chi connectivity index (χ4v) is 2.95. The molecule has 1 heterocycles. The van der Waals surface area contributed by atoms with Gasteiger partial charge in [0.25, 0.3) is 5.91 Å². The van der Waals surface area contributed by atoms with E-state index in [4.69, 9.17) is 5.11 Å². The fraction of sp³-hybridized carbons (Fsp3) is 0.474. The van der Waals surface area contributed by atoms with Crippen LogP contribution in [0.4, 0.5) is 5.69 Å². The molecule has 0 bridgehead atoms. The highest BCUT2D eigenvalue weighted by atomic mass is 16.4. The van der Waals surface area contributed by atoms with E-state index in [9.17, 15) is 19.2 Å². The molecule has 1 atom stereocenters. The van der Waals surface area contributed by atoms with E-state index in [1.54, 1.807) is 17.0 Å². The number of aliphatic carboxylic acids is 1. The molecular weight excluding hydrogens is 364 g/mol. The number of nitrogens with zero attached hydrogens (tertiary/aromatic N) is 2. The predicted octanol–water partition coefficient (Wildman–Crippen LogP) is 0.240. The third-order valence-corrected chi connectivity index (χ3v) is 4.43. The van der Waals surface area contributed by atoms with Crippen LogP contribution in [0.3, 0.4) is 0 Å². The Morgan fingerprint density at radius 2 is 1.89 bits per heavy atom. The average Bonchev–Trinajstić information content (AvgIpc) is 3.01. The Balaban J connectivity index is 1.85. The second kappa shape index (κ2) is 9.84. The van der Waals surface area contributed by atoms with Gasteiger partial charge in [-0.2, -0.15) is 0 Å². The van der Waals surface area contributed by atoms with Crippen LogP contribution in [0.1, 0.15) is 23.2 Å². The molecule has 1 aromatic carbocycles. The number of hydrogen-bond donors (Lipinski definition) is 3. The molecule has 9 heteroatoms. The quantitative estimate of drug-likeness (QED) is 0.556. The number of likely N-dealkylation sites (tertiary alicyclic amines) is 1. The number of carboxylic acid groups (broad SMARTS) is 1. The number of nitrogens with one attached hydrogen (secondary N) is 2. The van der Waals surface area contributed by atoms with Crippen LogP contribution in [-0.2, 0) is 14.4 Å². The minimum atomic E-state index is -1.13. The van der Waals surface area contributed by atoms with Crippen molar-refractivity contribution in [1.82, 2.24) is 15.1 Å². The van der Waals surface area contributed by atoms with E-state index in [0.29, 0.717) is 24.3 Å². The molecule has 152 valence electrons. The third kappa shape index (κ3) is 6.34. The van der Waals surface area contributed by atoms with Gasteiger partial charge >= 0.3 is 5.97 Å². The Labute approximate surface area is 163 Å². The summed E-state index contributed by atoms with van der Waals surface area (Å²) in [5, 5.41) is 13.6. The molecule has 1 aromatic rings. The second-order valence-electron chi connectivity index (χ2n) is 7.04. The lowest BCUT2D eigenvalue weighted by molar-refractivity contribution is -0.135. The van der Waals surface area contributed by atoms with Gasteiger partial charge in [-0.1, -0.05) is 0 Å². The number of hydrogen-bond acceptors (Lipinski definition) is 5. The van der Waals surface area contributed by atoms with Crippen LogP contribution >= 0.6 is 0 Å². The Kier molecular flexibility index (Phi) is 7.51. The van der Waals surface area contributed by atoms with E-state index in [2.05, 4.69) is 15.5 Å². The van der Waals surface area contributed by atoms with Gasteiger partial charge in [0.15, 0.2) is 0 Å². The number of benzene rings is 1. The summed E-state index contributed by atoms with van der Waals surface area (Å²) in [6.07, 6.45) is 1.06. The normalized spacial score (nSPS) is 16.3. The Morgan fingerprint density at radius 3 is 2.50 bits per heavy atom. The van der Waals surface area contributed by atoms with Gasteiger partial charge in [0.1, 0.15) is 6.54 Å². The summed E-state index contributed by atoms with van der Waals surface area (Å²) in [7, 11) is 3.95. The first-order valence-corrected chi connectivity index (χ1v) is 9.09. The van der Waals surface area contributed by atoms with Crippen LogP contribution in [0.2, 0.25) is 0 Å². The smallest absolute Gasteiger partial charge is 0.322 e. The van der Waals surface area contributed by atoms with Crippen LogP contribution < -0.4 is 10.6 Å². The molecule has 3 amide bonds. The van der Waals surface area contributed by atoms with Crippen LogP contribution in [0, 0.1) is 5.92 Å². The minimum absolute atomic E-state index is 0.00986. The molecule has 9 nitrogen and oxygen atoms in total. The van der Waals surface area contributed by atoms with E-state index in [0.717, 1.165) is 13.0 Å². The first-order chi connectivity index (χ1) is 13.3. The molecule has 1 saturated heterocycles. The first-order valence-electron chi connectivity index (χ1n) is 9.09. The topological polar surface area (TPSA) is 119 Å². The van der Waals surface area contributed by atoms with E-state index in [1.165, 1.54) is 12.1 Å². The van der Waals surface area contributed by atoms with Crippen LogP contribution in [0.25, 0.3) is 0 Å². The van der Waals surface area contributed by atoms with Crippen molar-refractivity contribution in [1.29, 1.82) is 0 Å². The first kappa shape index (κ1) is 21.4.